The quantitative estimate of drug-likeness (QED) is 0.391. The highest BCUT2D eigenvalue weighted by molar-refractivity contribution is 5.97. The van der Waals surface area contributed by atoms with E-state index in [4.69, 9.17) is 15.7 Å². The van der Waals surface area contributed by atoms with Crippen molar-refractivity contribution in [3.63, 3.8) is 0 Å². The van der Waals surface area contributed by atoms with Gasteiger partial charge >= 0.3 is 0 Å². The summed E-state index contributed by atoms with van der Waals surface area (Å²) in [5, 5.41) is 11.3. The summed E-state index contributed by atoms with van der Waals surface area (Å²) in [6.07, 6.45) is 0. The fourth-order valence-electron chi connectivity index (χ4n) is 1.62. The minimum atomic E-state index is -0.648. The van der Waals surface area contributed by atoms with Crippen molar-refractivity contribution in [1.29, 1.82) is 0 Å². The first kappa shape index (κ1) is 13.8. The van der Waals surface area contributed by atoms with Crippen LogP contribution in [0.3, 0.4) is 0 Å². The predicted molar refractivity (Wildman–Crippen MR) is 69.6 cm³/mol. The largest absolute Gasteiger partial charge is 0.486 e. The molecule has 2 rings (SSSR count). The Hall–Kier alpha value is -2.63. The van der Waals surface area contributed by atoms with Gasteiger partial charge in [-0.3, -0.25) is 0 Å². The summed E-state index contributed by atoms with van der Waals surface area (Å²) in [4.78, 5) is 0. The molecule has 20 heavy (non-hydrogen) atoms. The number of benzene rings is 2. The Morgan fingerprint density at radius 3 is 2.65 bits per heavy atom. The van der Waals surface area contributed by atoms with Gasteiger partial charge in [0.15, 0.2) is 17.4 Å². The number of hydrogen-bond donors (Lipinski definition) is 2. The molecule has 0 saturated heterocycles. The lowest BCUT2D eigenvalue weighted by Gasteiger charge is -2.08. The van der Waals surface area contributed by atoms with E-state index in [1.807, 2.05) is 0 Å². The van der Waals surface area contributed by atoms with Gasteiger partial charge in [-0.1, -0.05) is 17.3 Å². The predicted octanol–water partition coefficient (Wildman–Crippen LogP) is 2.64. The molecule has 0 spiro atoms. The van der Waals surface area contributed by atoms with Gasteiger partial charge in [0.2, 0.25) is 0 Å². The first-order valence-electron chi connectivity index (χ1n) is 5.75. The standard InChI is InChI=1S/C14H12F2N2O2/c15-11-3-1-2-9(6-11)8-20-13-5-4-10(7-12(13)16)14(17)18-19/h1-7,19H,8H2,(H2,17,18). The first-order valence-corrected chi connectivity index (χ1v) is 5.75. The van der Waals surface area contributed by atoms with E-state index in [0.717, 1.165) is 6.07 Å². The molecule has 4 nitrogen and oxygen atoms in total. The minimum Gasteiger partial charge on any atom is -0.486 e. The number of nitrogens with two attached hydrogens (primary N) is 1. The van der Waals surface area contributed by atoms with Gasteiger partial charge in [-0.05, 0) is 35.9 Å². The normalized spacial score (nSPS) is 11.4. The van der Waals surface area contributed by atoms with Crippen molar-refractivity contribution in [1.82, 2.24) is 0 Å². The number of oxime groups is 1. The summed E-state index contributed by atoms with van der Waals surface area (Å²) in [6, 6.07) is 9.76. The Labute approximate surface area is 114 Å². The fraction of sp³-hybridized carbons (Fsp3) is 0.0714. The summed E-state index contributed by atoms with van der Waals surface area (Å²) in [7, 11) is 0. The molecule has 0 aliphatic rings. The molecular weight excluding hydrogens is 266 g/mol. The molecule has 2 aromatic rings. The van der Waals surface area contributed by atoms with Crippen LogP contribution < -0.4 is 10.5 Å². The summed E-state index contributed by atoms with van der Waals surface area (Å²) in [5.41, 5.74) is 6.17. The number of halogens is 2. The first-order chi connectivity index (χ1) is 9.60. The third-order valence-corrected chi connectivity index (χ3v) is 2.62. The van der Waals surface area contributed by atoms with E-state index in [1.165, 1.54) is 24.3 Å². The van der Waals surface area contributed by atoms with Crippen LogP contribution in [0, 0.1) is 11.6 Å². The molecule has 0 saturated carbocycles. The third kappa shape index (κ3) is 3.23. The van der Waals surface area contributed by atoms with Crippen molar-refractivity contribution in [2.75, 3.05) is 0 Å². The molecule has 0 radical (unpaired) electrons. The molecule has 6 heteroatoms. The van der Waals surface area contributed by atoms with Gasteiger partial charge in [-0.25, -0.2) is 8.78 Å². The van der Waals surface area contributed by atoms with Crippen LogP contribution in [0.1, 0.15) is 11.1 Å². The zero-order valence-electron chi connectivity index (χ0n) is 10.4. The molecular formula is C14H12F2N2O2. The summed E-state index contributed by atoms with van der Waals surface area (Å²) < 4.78 is 32.0. The molecule has 0 aliphatic carbocycles. The lowest BCUT2D eigenvalue weighted by Crippen LogP contribution is -2.13. The van der Waals surface area contributed by atoms with E-state index in [2.05, 4.69) is 5.16 Å². The fourth-order valence-corrected chi connectivity index (χ4v) is 1.62. The van der Waals surface area contributed by atoms with Crippen molar-refractivity contribution in [3.05, 3.63) is 65.2 Å². The van der Waals surface area contributed by atoms with Crippen LogP contribution in [0.4, 0.5) is 8.78 Å². The number of amidine groups is 1. The lowest BCUT2D eigenvalue weighted by atomic mass is 10.2. The van der Waals surface area contributed by atoms with Crippen LogP contribution in [-0.4, -0.2) is 11.0 Å². The molecule has 0 unspecified atom stereocenters. The Balaban J connectivity index is 2.11. The van der Waals surface area contributed by atoms with Crippen LogP contribution in [0.25, 0.3) is 0 Å². The van der Waals surface area contributed by atoms with Crippen molar-refractivity contribution in [3.8, 4) is 5.75 Å². The maximum Gasteiger partial charge on any atom is 0.170 e. The van der Waals surface area contributed by atoms with E-state index in [-0.39, 0.29) is 29.6 Å². The highest BCUT2D eigenvalue weighted by Crippen LogP contribution is 2.19. The van der Waals surface area contributed by atoms with Crippen molar-refractivity contribution < 1.29 is 18.7 Å². The molecule has 0 heterocycles. The van der Waals surface area contributed by atoms with Crippen LogP contribution >= 0.6 is 0 Å². The second kappa shape index (κ2) is 6.01. The molecule has 104 valence electrons. The van der Waals surface area contributed by atoms with Gasteiger partial charge in [-0.2, -0.15) is 0 Å². The van der Waals surface area contributed by atoms with E-state index < -0.39 is 5.82 Å². The number of nitrogens with zero attached hydrogens (tertiary/aromatic N) is 1. The summed E-state index contributed by atoms with van der Waals surface area (Å²) in [5.74, 6) is -1.22. The van der Waals surface area contributed by atoms with E-state index in [0.29, 0.717) is 5.56 Å². The molecule has 0 bridgehead atoms. The Morgan fingerprint density at radius 2 is 2.00 bits per heavy atom. The van der Waals surface area contributed by atoms with Crippen LogP contribution in [0.15, 0.2) is 47.6 Å². The molecule has 0 aromatic heterocycles. The molecule has 2 aromatic carbocycles. The summed E-state index contributed by atoms with van der Waals surface area (Å²) in [6.45, 7) is 0.0393. The molecule has 0 aliphatic heterocycles. The molecule has 3 N–H and O–H groups in total. The SMILES string of the molecule is N/C(=N/O)c1ccc(OCc2cccc(F)c2)c(F)c1. The highest BCUT2D eigenvalue weighted by Gasteiger charge is 2.08. The van der Waals surface area contributed by atoms with Crippen molar-refractivity contribution in [2.24, 2.45) is 10.9 Å². The smallest absolute Gasteiger partial charge is 0.170 e. The van der Waals surface area contributed by atoms with Crippen LogP contribution in [0.5, 0.6) is 5.75 Å². The maximum absolute atomic E-state index is 13.7. The van der Waals surface area contributed by atoms with Crippen LogP contribution in [0.2, 0.25) is 0 Å². The van der Waals surface area contributed by atoms with E-state index >= 15 is 0 Å². The Bertz CT molecular complexity index is 645. The van der Waals surface area contributed by atoms with E-state index in [9.17, 15) is 8.78 Å². The molecule has 0 atom stereocenters. The van der Waals surface area contributed by atoms with Gasteiger partial charge in [0.05, 0.1) is 0 Å². The van der Waals surface area contributed by atoms with Gasteiger partial charge in [0.1, 0.15) is 12.4 Å². The monoisotopic (exact) mass is 278 g/mol. The van der Waals surface area contributed by atoms with Gasteiger partial charge in [0, 0.05) is 5.56 Å². The maximum atomic E-state index is 13.7. The van der Waals surface area contributed by atoms with Crippen molar-refractivity contribution >= 4 is 5.84 Å². The number of hydrogen-bond acceptors (Lipinski definition) is 3. The second-order valence-electron chi connectivity index (χ2n) is 4.05. The average molecular weight is 278 g/mol. The topological polar surface area (TPSA) is 67.8 Å². The van der Waals surface area contributed by atoms with E-state index in [1.54, 1.807) is 12.1 Å². The Morgan fingerprint density at radius 1 is 1.20 bits per heavy atom. The molecule has 0 amide bonds. The minimum absolute atomic E-state index is 0.00347. The number of rotatable bonds is 4. The van der Waals surface area contributed by atoms with Gasteiger partial charge < -0.3 is 15.7 Å². The molecule has 0 fully saturated rings. The van der Waals surface area contributed by atoms with Gasteiger partial charge in [-0.15, -0.1) is 0 Å². The average Bonchev–Trinajstić information content (AvgIpc) is 2.45. The summed E-state index contributed by atoms with van der Waals surface area (Å²) >= 11 is 0. The highest BCUT2D eigenvalue weighted by atomic mass is 19.1. The lowest BCUT2D eigenvalue weighted by molar-refractivity contribution is 0.289. The van der Waals surface area contributed by atoms with Crippen LogP contribution in [-0.2, 0) is 6.61 Å². The van der Waals surface area contributed by atoms with Crippen molar-refractivity contribution in [2.45, 2.75) is 6.61 Å². The Kier molecular flexibility index (Phi) is 4.14. The zero-order chi connectivity index (χ0) is 14.5. The number of ether oxygens (including phenoxy) is 1. The second-order valence-corrected chi connectivity index (χ2v) is 4.05. The third-order valence-electron chi connectivity index (χ3n) is 2.62. The zero-order valence-corrected chi connectivity index (χ0v) is 10.4. The van der Waals surface area contributed by atoms with Gasteiger partial charge in [0.25, 0.3) is 0 Å².